The van der Waals surface area contributed by atoms with Crippen molar-refractivity contribution in [1.29, 1.82) is 0 Å². The van der Waals surface area contributed by atoms with Crippen molar-refractivity contribution in [2.45, 2.75) is 64.1 Å². The van der Waals surface area contributed by atoms with Gasteiger partial charge < -0.3 is 14.4 Å². The van der Waals surface area contributed by atoms with Crippen LogP contribution in [0.4, 0.5) is 0 Å². The summed E-state index contributed by atoms with van der Waals surface area (Å²) in [5.74, 6) is 0.669. The summed E-state index contributed by atoms with van der Waals surface area (Å²) >= 11 is 0. The number of hydrogen-bond acceptors (Lipinski definition) is 4. The third-order valence-electron chi connectivity index (χ3n) is 4.87. The van der Waals surface area contributed by atoms with Gasteiger partial charge in [-0.1, -0.05) is 0 Å². The summed E-state index contributed by atoms with van der Waals surface area (Å²) in [6.45, 7) is 5.74. The molecule has 0 bridgehead atoms. The molecule has 5 heteroatoms. The minimum atomic E-state index is 0.0785. The third-order valence-corrected chi connectivity index (χ3v) is 4.87. The van der Waals surface area contributed by atoms with Crippen LogP contribution in [0, 0.1) is 0 Å². The number of likely N-dealkylation sites (tertiary alicyclic amines) is 1. The van der Waals surface area contributed by atoms with Gasteiger partial charge in [-0.25, -0.2) is 4.98 Å². The minimum Gasteiger partial charge on any atom is -0.474 e. The molecule has 0 aliphatic carbocycles. The fraction of sp³-hybridized carbons (Fsp3) is 0.667. The van der Waals surface area contributed by atoms with Crippen molar-refractivity contribution >= 4 is 5.91 Å². The third kappa shape index (κ3) is 3.83. The first-order valence-corrected chi connectivity index (χ1v) is 8.68. The summed E-state index contributed by atoms with van der Waals surface area (Å²) in [4.78, 5) is 19.1. The number of aromatic nitrogens is 1. The van der Waals surface area contributed by atoms with Crippen LogP contribution in [0.3, 0.4) is 0 Å². The summed E-state index contributed by atoms with van der Waals surface area (Å²) in [6.07, 6.45) is 6.95. The van der Waals surface area contributed by atoms with E-state index in [0.717, 1.165) is 38.9 Å². The zero-order valence-corrected chi connectivity index (χ0v) is 14.0. The number of amides is 1. The molecule has 2 unspecified atom stereocenters. The molecule has 3 rings (SSSR count). The topological polar surface area (TPSA) is 51.7 Å². The number of carbonyl (C=O) groups is 1. The van der Waals surface area contributed by atoms with E-state index < -0.39 is 0 Å². The number of hydrogen-bond donors (Lipinski definition) is 0. The molecule has 0 spiro atoms. The Hall–Kier alpha value is -1.62. The quantitative estimate of drug-likeness (QED) is 0.859. The van der Waals surface area contributed by atoms with Crippen molar-refractivity contribution in [2.75, 3.05) is 13.2 Å². The normalized spacial score (nSPS) is 26.1. The SMILES string of the molecule is CC1CCCC(C)N1C(=O)c1ccc(OC2CCOCC2)nc1. The van der Waals surface area contributed by atoms with Crippen LogP contribution in [0.2, 0.25) is 0 Å². The van der Waals surface area contributed by atoms with E-state index in [-0.39, 0.29) is 12.0 Å². The first-order chi connectivity index (χ1) is 11.1. The minimum absolute atomic E-state index is 0.0785. The summed E-state index contributed by atoms with van der Waals surface area (Å²) in [7, 11) is 0. The molecule has 2 atom stereocenters. The van der Waals surface area contributed by atoms with Crippen LogP contribution in [0.5, 0.6) is 5.88 Å². The molecule has 0 N–H and O–H groups in total. The highest BCUT2D eigenvalue weighted by Crippen LogP contribution is 2.25. The van der Waals surface area contributed by atoms with Gasteiger partial charge in [0.1, 0.15) is 6.10 Å². The molecule has 0 aromatic carbocycles. The molecule has 2 fully saturated rings. The number of rotatable bonds is 3. The number of carbonyl (C=O) groups excluding carboxylic acids is 1. The first-order valence-electron chi connectivity index (χ1n) is 8.68. The van der Waals surface area contributed by atoms with Crippen molar-refractivity contribution in [3.05, 3.63) is 23.9 Å². The van der Waals surface area contributed by atoms with Crippen LogP contribution < -0.4 is 4.74 Å². The van der Waals surface area contributed by atoms with Gasteiger partial charge in [-0.2, -0.15) is 0 Å². The largest absolute Gasteiger partial charge is 0.474 e. The predicted octanol–water partition coefficient (Wildman–Crippen LogP) is 3.04. The Balaban J connectivity index is 1.65. The van der Waals surface area contributed by atoms with Crippen molar-refractivity contribution in [3.8, 4) is 5.88 Å². The second-order valence-electron chi connectivity index (χ2n) is 6.66. The van der Waals surface area contributed by atoms with E-state index >= 15 is 0 Å². The summed E-state index contributed by atoms with van der Waals surface area (Å²) in [5.41, 5.74) is 0.643. The van der Waals surface area contributed by atoms with Crippen LogP contribution in [-0.4, -0.2) is 47.2 Å². The average Bonchev–Trinajstić information content (AvgIpc) is 2.56. The summed E-state index contributed by atoms with van der Waals surface area (Å²) < 4.78 is 11.2. The standard InChI is InChI=1S/C18H26N2O3/c1-13-4-3-5-14(2)20(13)18(21)15-6-7-17(19-12-15)23-16-8-10-22-11-9-16/h6-7,12-14,16H,3-5,8-11H2,1-2H3. The van der Waals surface area contributed by atoms with Crippen LogP contribution >= 0.6 is 0 Å². The Kier molecular flexibility index (Phi) is 5.16. The van der Waals surface area contributed by atoms with Crippen molar-refractivity contribution in [3.63, 3.8) is 0 Å². The molecule has 0 saturated carbocycles. The van der Waals surface area contributed by atoms with E-state index in [4.69, 9.17) is 9.47 Å². The Morgan fingerprint density at radius 2 is 1.87 bits per heavy atom. The molecule has 23 heavy (non-hydrogen) atoms. The molecule has 1 aromatic heterocycles. The summed E-state index contributed by atoms with van der Waals surface area (Å²) in [6, 6.07) is 4.23. The average molecular weight is 318 g/mol. The lowest BCUT2D eigenvalue weighted by molar-refractivity contribution is 0.0237. The fourth-order valence-electron chi connectivity index (χ4n) is 3.51. The van der Waals surface area contributed by atoms with Gasteiger partial charge >= 0.3 is 0 Å². The lowest BCUT2D eigenvalue weighted by Gasteiger charge is -2.39. The maximum atomic E-state index is 12.8. The van der Waals surface area contributed by atoms with Crippen molar-refractivity contribution < 1.29 is 14.3 Å². The van der Waals surface area contributed by atoms with Crippen LogP contribution in [0.15, 0.2) is 18.3 Å². The second-order valence-corrected chi connectivity index (χ2v) is 6.66. The molecule has 3 heterocycles. The van der Waals surface area contributed by atoms with E-state index in [1.165, 1.54) is 6.42 Å². The van der Waals surface area contributed by atoms with E-state index in [1.807, 2.05) is 17.0 Å². The lowest BCUT2D eigenvalue weighted by atomic mass is 9.96. The molecule has 1 aromatic rings. The lowest BCUT2D eigenvalue weighted by Crippen LogP contribution is -2.47. The van der Waals surface area contributed by atoms with Gasteiger partial charge in [-0.05, 0) is 39.2 Å². The van der Waals surface area contributed by atoms with E-state index in [2.05, 4.69) is 18.8 Å². The molecule has 2 aliphatic heterocycles. The Morgan fingerprint density at radius 3 is 2.48 bits per heavy atom. The van der Waals surface area contributed by atoms with Crippen LogP contribution in [-0.2, 0) is 4.74 Å². The summed E-state index contributed by atoms with van der Waals surface area (Å²) in [5, 5.41) is 0. The van der Waals surface area contributed by atoms with E-state index in [1.54, 1.807) is 6.20 Å². The number of ether oxygens (including phenoxy) is 2. The van der Waals surface area contributed by atoms with Gasteiger partial charge in [0.15, 0.2) is 0 Å². The second kappa shape index (κ2) is 7.30. The molecular weight excluding hydrogens is 292 g/mol. The van der Waals surface area contributed by atoms with Gasteiger partial charge in [0.2, 0.25) is 5.88 Å². The molecule has 1 amide bonds. The Labute approximate surface area is 138 Å². The van der Waals surface area contributed by atoms with Crippen LogP contribution in [0.1, 0.15) is 56.3 Å². The highest BCUT2D eigenvalue weighted by molar-refractivity contribution is 5.94. The molecule has 5 nitrogen and oxygen atoms in total. The smallest absolute Gasteiger partial charge is 0.255 e. The van der Waals surface area contributed by atoms with Crippen molar-refractivity contribution in [2.24, 2.45) is 0 Å². The number of nitrogens with zero attached hydrogens (tertiary/aromatic N) is 2. The molecule has 2 saturated heterocycles. The Morgan fingerprint density at radius 1 is 1.17 bits per heavy atom. The van der Waals surface area contributed by atoms with Gasteiger partial charge in [0.05, 0.1) is 18.8 Å². The van der Waals surface area contributed by atoms with Gasteiger partial charge in [0.25, 0.3) is 5.91 Å². The molecular formula is C18H26N2O3. The fourth-order valence-corrected chi connectivity index (χ4v) is 3.51. The number of piperidine rings is 1. The molecule has 126 valence electrons. The highest BCUT2D eigenvalue weighted by atomic mass is 16.5. The van der Waals surface area contributed by atoms with E-state index in [9.17, 15) is 4.79 Å². The van der Waals surface area contributed by atoms with Crippen LogP contribution in [0.25, 0.3) is 0 Å². The van der Waals surface area contributed by atoms with Gasteiger partial charge in [0, 0.05) is 37.2 Å². The highest BCUT2D eigenvalue weighted by Gasteiger charge is 2.29. The number of pyridine rings is 1. The van der Waals surface area contributed by atoms with E-state index in [0.29, 0.717) is 23.5 Å². The molecule has 0 radical (unpaired) electrons. The first kappa shape index (κ1) is 16.2. The maximum absolute atomic E-state index is 12.8. The predicted molar refractivity (Wildman–Crippen MR) is 87.7 cm³/mol. The molecule has 2 aliphatic rings. The maximum Gasteiger partial charge on any atom is 0.255 e. The Bertz CT molecular complexity index is 516. The van der Waals surface area contributed by atoms with Crippen molar-refractivity contribution in [1.82, 2.24) is 9.88 Å². The van der Waals surface area contributed by atoms with Gasteiger partial charge in [-0.3, -0.25) is 4.79 Å². The van der Waals surface area contributed by atoms with Gasteiger partial charge in [-0.15, -0.1) is 0 Å². The zero-order valence-electron chi connectivity index (χ0n) is 14.0. The monoisotopic (exact) mass is 318 g/mol. The zero-order chi connectivity index (χ0) is 16.2.